The van der Waals surface area contributed by atoms with E-state index in [1.165, 1.54) is 0 Å². The van der Waals surface area contributed by atoms with Crippen molar-refractivity contribution in [1.29, 1.82) is 0 Å². The summed E-state index contributed by atoms with van der Waals surface area (Å²) >= 11 is 4.85. The maximum absolute atomic E-state index is 11.0. The molecule has 0 aromatic rings. The summed E-state index contributed by atoms with van der Waals surface area (Å²) in [6, 6.07) is -1.10. The number of hydrogen-bond acceptors (Lipinski definition) is 5. The van der Waals surface area contributed by atoms with Crippen LogP contribution in [0.3, 0.4) is 0 Å². The zero-order valence-corrected chi connectivity index (χ0v) is 10.7. The van der Waals surface area contributed by atoms with E-state index in [9.17, 15) is 9.36 Å². The number of carbonyl (C=O) groups excluding carboxylic acids is 1. The van der Waals surface area contributed by atoms with Crippen LogP contribution in [0.5, 0.6) is 0 Å². The van der Waals surface area contributed by atoms with Crippen molar-refractivity contribution in [2.24, 2.45) is 5.73 Å². The molecule has 0 radical (unpaired) electrons. The van der Waals surface area contributed by atoms with Crippen molar-refractivity contribution < 1.29 is 23.5 Å². The third kappa shape index (κ3) is 9.12. The smallest absolute Gasteiger partial charge is 0.379 e. The first kappa shape index (κ1) is 15.9. The molecule has 0 aromatic carbocycles. The Morgan fingerprint density at radius 2 is 2.19 bits per heavy atom. The number of hydrogen-bond donors (Lipinski definition) is 2. The predicted octanol–water partition coefficient (Wildman–Crippen LogP) is 1.40. The van der Waals surface area contributed by atoms with Gasteiger partial charge in [-0.15, -0.1) is 0 Å². The van der Waals surface area contributed by atoms with Gasteiger partial charge in [-0.2, -0.15) is 0 Å². The normalized spacial score (nSPS) is 16.5. The average Bonchev–Trinajstić information content (AvgIpc) is 2.14. The van der Waals surface area contributed by atoms with Gasteiger partial charge in [0.05, 0.1) is 6.61 Å². The van der Waals surface area contributed by atoms with E-state index in [4.69, 9.17) is 26.6 Å². The van der Waals surface area contributed by atoms with Gasteiger partial charge in [0, 0.05) is 17.8 Å². The molecule has 0 saturated carbocycles. The molecular formula is C8H17ClNO5P. The molecule has 0 aromatic heterocycles. The van der Waals surface area contributed by atoms with Crippen LogP contribution in [0.25, 0.3) is 0 Å². The molecule has 0 aliphatic heterocycles. The van der Waals surface area contributed by atoms with Crippen molar-refractivity contribution in [1.82, 2.24) is 0 Å². The number of carbonyl (C=O) groups is 1. The summed E-state index contributed by atoms with van der Waals surface area (Å²) in [4.78, 5) is 19.6. The maximum atomic E-state index is 11.0. The molecule has 96 valence electrons. The van der Waals surface area contributed by atoms with E-state index in [1.807, 2.05) is 0 Å². The van der Waals surface area contributed by atoms with Crippen molar-refractivity contribution in [3.63, 3.8) is 0 Å². The van der Waals surface area contributed by atoms with Gasteiger partial charge < -0.3 is 19.9 Å². The lowest BCUT2D eigenvalue weighted by molar-refractivity contribution is -0.137. The molecule has 6 nitrogen and oxygen atoms in total. The predicted molar refractivity (Wildman–Crippen MR) is 60.1 cm³/mol. The fraction of sp³-hybridized carbons (Fsp3) is 0.875. The van der Waals surface area contributed by atoms with Gasteiger partial charge >= 0.3 is 12.9 Å². The highest BCUT2D eigenvalue weighted by Gasteiger charge is 2.25. The van der Waals surface area contributed by atoms with Gasteiger partial charge in [0.2, 0.25) is 0 Å². The molecule has 0 aliphatic carbocycles. The molecular weight excluding hydrogens is 257 g/mol. The van der Waals surface area contributed by atoms with E-state index in [2.05, 4.69) is 11.4 Å². The summed E-state index contributed by atoms with van der Waals surface area (Å²) in [7, 11) is 0. The van der Waals surface area contributed by atoms with Crippen molar-refractivity contribution in [3.8, 4) is 0 Å². The summed E-state index contributed by atoms with van der Waals surface area (Å²) in [5, 5.41) is 0. The first-order valence-electron chi connectivity index (χ1n) is 4.96. The van der Waals surface area contributed by atoms with E-state index in [-0.39, 0.29) is 6.61 Å². The van der Waals surface area contributed by atoms with Crippen molar-refractivity contribution in [3.05, 3.63) is 0 Å². The topological polar surface area (TPSA) is 98.9 Å². The lowest BCUT2D eigenvalue weighted by Crippen LogP contribution is -2.36. The molecule has 0 spiro atoms. The summed E-state index contributed by atoms with van der Waals surface area (Å²) in [6.45, 7) is -1.84. The van der Waals surface area contributed by atoms with Gasteiger partial charge in [-0.3, -0.25) is 0 Å². The first-order valence-corrected chi connectivity index (χ1v) is 7.44. The Morgan fingerprint density at radius 1 is 1.56 bits per heavy atom. The average molecular weight is 274 g/mol. The molecule has 2 atom stereocenters. The van der Waals surface area contributed by atoms with Crippen LogP contribution >= 0.6 is 18.2 Å². The minimum Gasteiger partial charge on any atom is -0.379 e. The molecule has 8 heteroatoms. The van der Waals surface area contributed by atoms with E-state index in [1.54, 1.807) is 0 Å². The fourth-order valence-electron chi connectivity index (χ4n) is 0.911. The zero-order chi connectivity index (χ0) is 12.6. The van der Waals surface area contributed by atoms with E-state index < -0.39 is 19.0 Å². The fourth-order valence-corrected chi connectivity index (χ4v) is 1.47. The number of unbranched alkanes of at least 4 members (excludes halogenated alkanes) is 2. The zero-order valence-electron chi connectivity index (χ0n) is 9.10. The van der Waals surface area contributed by atoms with Gasteiger partial charge in [0.15, 0.2) is 0 Å². The quantitative estimate of drug-likeness (QED) is 0.512. The van der Waals surface area contributed by atoms with E-state index in [0.717, 1.165) is 19.3 Å². The first-order chi connectivity index (χ1) is 7.37. The highest BCUT2D eigenvalue weighted by atomic mass is 35.7. The third-order valence-electron chi connectivity index (χ3n) is 1.69. The number of ether oxygens (including phenoxy) is 1. The summed E-state index contributed by atoms with van der Waals surface area (Å²) in [6.07, 6.45) is 2.98. The second kappa shape index (κ2) is 8.03. The van der Waals surface area contributed by atoms with Crippen LogP contribution in [-0.4, -0.2) is 30.1 Å². The lowest BCUT2D eigenvalue weighted by Gasteiger charge is -2.11. The second-order valence-corrected chi connectivity index (χ2v) is 5.62. The molecule has 0 fully saturated rings. The van der Waals surface area contributed by atoms with Crippen LogP contribution in [0, 0.1) is 0 Å². The Labute approximate surface area is 99.4 Å². The van der Waals surface area contributed by atoms with E-state index in [0.29, 0.717) is 6.61 Å². The largest absolute Gasteiger partial charge is 0.476 e. The molecule has 3 N–H and O–H groups in total. The monoisotopic (exact) mass is 273 g/mol. The molecule has 0 heterocycles. The second-order valence-electron chi connectivity index (χ2n) is 3.25. The Bertz CT molecular complexity index is 257. The molecule has 0 amide bonds. The van der Waals surface area contributed by atoms with Gasteiger partial charge in [-0.05, 0) is 6.42 Å². The molecule has 0 aliphatic rings. The van der Waals surface area contributed by atoms with Crippen LogP contribution < -0.4 is 5.73 Å². The minimum atomic E-state index is -4.34. The van der Waals surface area contributed by atoms with Crippen LogP contribution in [0.1, 0.15) is 26.2 Å². The van der Waals surface area contributed by atoms with Crippen molar-refractivity contribution in [2.45, 2.75) is 32.2 Å². The number of halogens is 1. The molecule has 0 saturated heterocycles. The van der Waals surface area contributed by atoms with Gasteiger partial charge in [0.25, 0.3) is 0 Å². The molecule has 0 bridgehead atoms. The Kier molecular flexibility index (Phi) is 7.97. The summed E-state index contributed by atoms with van der Waals surface area (Å²) in [5.74, 6) is -1.05. The van der Waals surface area contributed by atoms with Crippen molar-refractivity contribution >= 4 is 24.2 Å². The summed E-state index contributed by atoms with van der Waals surface area (Å²) in [5.41, 5.74) is 5.35. The van der Waals surface area contributed by atoms with Crippen LogP contribution in [0.2, 0.25) is 0 Å². The number of nitrogens with two attached hydrogens (primary N) is 1. The SMILES string of the molecule is CCCCCOC[C@H](N)C(=O)OP(=O)(O)Cl. The Balaban J connectivity index is 3.68. The maximum Gasteiger partial charge on any atom is 0.476 e. The van der Waals surface area contributed by atoms with E-state index >= 15 is 0 Å². The Hall–Kier alpha value is -0.130. The van der Waals surface area contributed by atoms with Crippen LogP contribution in [0.15, 0.2) is 0 Å². The highest BCUT2D eigenvalue weighted by molar-refractivity contribution is 7.80. The van der Waals surface area contributed by atoms with Gasteiger partial charge in [-0.1, -0.05) is 19.8 Å². The van der Waals surface area contributed by atoms with Crippen LogP contribution in [0.4, 0.5) is 0 Å². The Morgan fingerprint density at radius 3 is 2.69 bits per heavy atom. The lowest BCUT2D eigenvalue weighted by atomic mass is 10.3. The molecule has 16 heavy (non-hydrogen) atoms. The highest BCUT2D eigenvalue weighted by Crippen LogP contribution is 2.47. The van der Waals surface area contributed by atoms with Crippen LogP contribution in [-0.2, 0) is 18.6 Å². The molecule has 1 unspecified atom stereocenters. The van der Waals surface area contributed by atoms with Gasteiger partial charge in [-0.25, -0.2) is 9.36 Å². The van der Waals surface area contributed by atoms with Gasteiger partial charge in [0.1, 0.15) is 6.04 Å². The third-order valence-corrected chi connectivity index (χ3v) is 2.31. The van der Waals surface area contributed by atoms with Crippen molar-refractivity contribution in [2.75, 3.05) is 13.2 Å². The number of rotatable bonds is 8. The standard InChI is InChI=1S/C8H17ClNO5P/c1-2-3-4-5-14-6-7(10)8(11)15-16(9,12)13/h7H,2-6,10H2,1H3,(H,12,13)/t7-/m0/s1. The minimum absolute atomic E-state index is 0.0561. The summed E-state index contributed by atoms with van der Waals surface area (Å²) < 4.78 is 19.6. The molecule has 0 rings (SSSR count).